The number of allylic oxidation sites excluding steroid dienone is 2. The van der Waals surface area contributed by atoms with Crippen LogP contribution in [-0.2, 0) is 6.54 Å². The van der Waals surface area contributed by atoms with E-state index in [1.165, 1.54) is 33.6 Å². The molecule has 0 saturated heterocycles. The Kier molecular flexibility index (Phi) is 8.19. The van der Waals surface area contributed by atoms with Gasteiger partial charge in [0.1, 0.15) is 0 Å². The van der Waals surface area contributed by atoms with Crippen molar-refractivity contribution in [1.29, 1.82) is 0 Å². The van der Waals surface area contributed by atoms with E-state index in [0.717, 1.165) is 6.54 Å². The van der Waals surface area contributed by atoms with Gasteiger partial charge in [0.2, 0.25) is 11.4 Å². The Morgan fingerprint density at radius 1 is 0.606 bits per heavy atom. The molecule has 4 aromatic rings. The second-order valence-corrected chi connectivity index (χ2v) is 7.29. The van der Waals surface area contributed by atoms with Crippen molar-refractivity contribution in [2.75, 3.05) is 0 Å². The largest absolute Gasteiger partial charge is 0.673 e. The minimum atomic E-state index is -6.00. The Morgan fingerprint density at radius 2 is 0.970 bits per heavy atom. The molecule has 1 heterocycles. The summed E-state index contributed by atoms with van der Waals surface area (Å²) in [6.07, 6.45) is 4.32. The number of benzene rings is 3. The molecule has 0 radical (unpaired) electrons. The Hall–Kier alpha value is -3.67. The highest BCUT2D eigenvalue weighted by Gasteiger charge is 2.22. The molecule has 4 rings (SSSR count). The molecule has 0 bridgehead atoms. The van der Waals surface area contributed by atoms with E-state index in [1.54, 1.807) is 0 Å². The van der Waals surface area contributed by atoms with Crippen LogP contribution in [0.3, 0.4) is 0 Å². The minimum Gasteiger partial charge on any atom is -0.418 e. The summed E-state index contributed by atoms with van der Waals surface area (Å²) >= 11 is 0. The highest BCUT2D eigenvalue weighted by molar-refractivity contribution is 6.50. The lowest BCUT2D eigenvalue weighted by Gasteiger charge is -2.12. The van der Waals surface area contributed by atoms with Crippen molar-refractivity contribution in [1.82, 2.24) is 0 Å². The summed E-state index contributed by atoms with van der Waals surface area (Å²) in [7, 11) is -6.00. The summed E-state index contributed by atoms with van der Waals surface area (Å²) in [5.41, 5.74) is 7.35. The minimum absolute atomic E-state index is 0.833. The molecule has 0 spiro atoms. The van der Waals surface area contributed by atoms with E-state index in [0.29, 0.717) is 0 Å². The van der Waals surface area contributed by atoms with Gasteiger partial charge in [-0.2, -0.15) is 4.57 Å². The van der Waals surface area contributed by atoms with Crippen molar-refractivity contribution >= 4 is 7.25 Å². The molecule has 1 nitrogen and oxygen atoms in total. The van der Waals surface area contributed by atoms with Gasteiger partial charge >= 0.3 is 7.25 Å². The Bertz CT molecular complexity index is 1110. The molecule has 0 N–H and O–H groups in total. The van der Waals surface area contributed by atoms with Crippen LogP contribution in [0, 0.1) is 0 Å². The SMILES string of the molecule is CC=CC[n+]1c(-c2ccccc2)cc(-c2ccccc2)cc1-c1ccccc1.F[B-](F)(F)F. The van der Waals surface area contributed by atoms with E-state index < -0.39 is 7.25 Å². The molecule has 0 saturated carbocycles. The standard InChI is InChI=1S/C27H24N.BF4/c1-2-3-19-28-26(23-15-9-5-10-16-23)20-25(22-13-7-4-8-14-22)21-27(28)24-17-11-6-12-18-24;2-1(3,4)5/h2-18,20-21H,19H2,1H3;/q+1;-1. The van der Waals surface area contributed by atoms with Crippen LogP contribution < -0.4 is 4.57 Å². The van der Waals surface area contributed by atoms with E-state index >= 15 is 0 Å². The van der Waals surface area contributed by atoms with Crippen molar-refractivity contribution in [3.63, 3.8) is 0 Å². The zero-order valence-corrected chi connectivity index (χ0v) is 18.2. The summed E-state index contributed by atoms with van der Waals surface area (Å²) in [6, 6.07) is 36.5. The van der Waals surface area contributed by atoms with Crippen LogP contribution in [-0.4, -0.2) is 7.25 Å². The van der Waals surface area contributed by atoms with Crippen LogP contribution in [0.2, 0.25) is 0 Å². The van der Waals surface area contributed by atoms with Gasteiger partial charge in [0.05, 0.1) is 0 Å². The summed E-state index contributed by atoms with van der Waals surface area (Å²) in [6.45, 7) is 2.91. The van der Waals surface area contributed by atoms with Crippen LogP contribution in [0.15, 0.2) is 115 Å². The first-order chi connectivity index (χ1) is 15.9. The lowest BCUT2D eigenvalue weighted by molar-refractivity contribution is -0.665. The monoisotopic (exact) mass is 449 g/mol. The van der Waals surface area contributed by atoms with Crippen LogP contribution in [0.5, 0.6) is 0 Å². The van der Waals surface area contributed by atoms with Gasteiger partial charge in [0.15, 0.2) is 6.54 Å². The van der Waals surface area contributed by atoms with Crippen LogP contribution >= 0.6 is 0 Å². The number of pyridine rings is 1. The Morgan fingerprint density at radius 3 is 1.33 bits per heavy atom. The summed E-state index contributed by atoms with van der Waals surface area (Å²) < 4.78 is 41.4. The third-order valence-corrected chi connectivity index (χ3v) is 4.94. The molecule has 1 aromatic heterocycles. The number of aromatic nitrogens is 1. The molecule has 0 aliphatic heterocycles. The second kappa shape index (κ2) is 11.3. The van der Waals surface area contributed by atoms with Crippen molar-refractivity contribution in [2.45, 2.75) is 13.5 Å². The highest BCUT2D eigenvalue weighted by Crippen LogP contribution is 2.29. The quantitative estimate of drug-likeness (QED) is 0.126. The van der Waals surface area contributed by atoms with Crippen LogP contribution in [0.4, 0.5) is 17.3 Å². The molecule has 0 fully saturated rings. The molecule has 0 unspecified atom stereocenters. The second-order valence-electron chi connectivity index (χ2n) is 7.29. The molecule has 3 aromatic carbocycles. The van der Waals surface area contributed by atoms with Crippen molar-refractivity contribution in [2.24, 2.45) is 0 Å². The van der Waals surface area contributed by atoms with Gasteiger partial charge in [0.25, 0.3) is 0 Å². The fourth-order valence-corrected chi connectivity index (χ4v) is 3.52. The lowest BCUT2D eigenvalue weighted by atomic mass is 9.99. The molecule has 0 atom stereocenters. The molecule has 168 valence electrons. The van der Waals surface area contributed by atoms with E-state index in [1.807, 2.05) is 0 Å². The number of hydrogen-bond acceptors (Lipinski definition) is 0. The van der Waals surface area contributed by atoms with Crippen LogP contribution in [0.25, 0.3) is 33.6 Å². The molecule has 0 aliphatic rings. The first kappa shape index (κ1) is 24.0. The molecule has 33 heavy (non-hydrogen) atoms. The van der Waals surface area contributed by atoms with E-state index in [-0.39, 0.29) is 0 Å². The molecular formula is C27H24BF4N. The van der Waals surface area contributed by atoms with Gasteiger partial charge in [-0.1, -0.05) is 72.8 Å². The third-order valence-electron chi connectivity index (χ3n) is 4.94. The number of halogens is 4. The van der Waals surface area contributed by atoms with Gasteiger partial charge in [-0.25, -0.2) is 0 Å². The fraction of sp³-hybridized carbons (Fsp3) is 0.0741. The van der Waals surface area contributed by atoms with Crippen molar-refractivity contribution in [3.8, 4) is 33.6 Å². The summed E-state index contributed by atoms with van der Waals surface area (Å²) in [5.74, 6) is 0. The van der Waals surface area contributed by atoms with Gasteiger partial charge in [-0.05, 0) is 48.4 Å². The summed E-state index contributed by atoms with van der Waals surface area (Å²) in [4.78, 5) is 0. The zero-order chi connectivity index (χ0) is 23.7. The predicted molar refractivity (Wildman–Crippen MR) is 128 cm³/mol. The topological polar surface area (TPSA) is 3.88 Å². The van der Waals surface area contributed by atoms with Crippen LogP contribution in [0.1, 0.15) is 6.92 Å². The molecule has 0 amide bonds. The Balaban J connectivity index is 0.000000555. The molecule has 0 aliphatic carbocycles. The number of rotatable bonds is 5. The van der Waals surface area contributed by atoms with Gasteiger partial charge in [0, 0.05) is 23.3 Å². The zero-order valence-electron chi connectivity index (χ0n) is 18.2. The van der Waals surface area contributed by atoms with Crippen molar-refractivity contribution in [3.05, 3.63) is 115 Å². The maximum absolute atomic E-state index is 9.75. The van der Waals surface area contributed by atoms with E-state index in [4.69, 9.17) is 0 Å². The Labute approximate surface area is 191 Å². The number of nitrogens with zero attached hydrogens (tertiary/aromatic N) is 1. The smallest absolute Gasteiger partial charge is 0.418 e. The highest BCUT2D eigenvalue weighted by atomic mass is 19.5. The molecular weight excluding hydrogens is 425 g/mol. The molecule has 6 heteroatoms. The summed E-state index contributed by atoms with van der Waals surface area (Å²) in [5, 5.41) is 0. The van der Waals surface area contributed by atoms with Gasteiger partial charge in [-0.15, -0.1) is 0 Å². The lowest BCUT2D eigenvalue weighted by Crippen LogP contribution is -2.38. The normalized spacial score (nSPS) is 11.2. The fourth-order valence-electron chi connectivity index (χ4n) is 3.52. The first-order valence-electron chi connectivity index (χ1n) is 10.6. The van der Waals surface area contributed by atoms with Gasteiger partial charge < -0.3 is 17.3 Å². The van der Waals surface area contributed by atoms with E-state index in [2.05, 4.69) is 127 Å². The maximum Gasteiger partial charge on any atom is 0.673 e. The third kappa shape index (κ3) is 7.17. The predicted octanol–water partition coefficient (Wildman–Crippen LogP) is 7.85. The maximum atomic E-state index is 9.75. The van der Waals surface area contributed by atoms with E-state index in [9.17, 15) is 17.3 Å². The number of hydrogen-bond donors (Lipinski definition) is 0. The average molecular weight is 449 g/mol. The van der Waals surface area contributed by atoms with Gasteiger partial charge in [-0.3, -0.25) is 0 Å². The first-order valence-corrected chi connectivity index (χ1v) is 10.6. The van der Waals surface area contributed by atoms with Crippen molar-refractivity contribution < 1.29 is 21.8 Å². The average Bonchev–Trinajstić information content (AvgIpc) is 2.83.